The van der Waals surface area contributed by atoms with E-state index in [1.165, 1.54) is 5.56 Å². The zero-order valence-electron chi connectivity index (χ0n) is 10.9. The fourth-order valence-corrected chi connectivity index (χ4v) is 2.25. The van der Waals surface area contributed by atoms with Crippen LogP contribution in [0, 0.1) is 0 Å². The first kappa shape index (κ1) is 14.9. The SMILES string of the molecule is C=CCOc1ccc(CNc2cc(Cl)ccc2Br)cc1. The minimum absolute atomic E-state index is 0.521. The fraction of sp³-hybridized carbons (Fsp3) is 0.125. The van der Waals surface area contributed by atoms with Gasteiger partial charge in [-0.25, -0.2) is 0 Å². The lowest BCUT2D eigenvalue weighted by molar-refractivity contribution is 0.363. The molecule has 104 valence electrons. The zero-order chi connectivity index (χ0) is 14.4. The van der Waals surface area contributed by atoms with Gasteiger partial charge in [-0.05, 0) is 51.8 Å². The first-order valence-corrected chi connectivity index (χ1v) is 7.37. The maximum Gasteiger partial charge on any atom is 0.119 e. The Morgan fingerprint density at radius 3 is 2.65 bits per heavy atom. The van der Waals surface area contributed by atoms with Crippen LogP contribution in [-0.4, -0.2) is 6.61 Å². The van der Waals surface area contributed by atoms with Crippen molar-refractivity contribution in [2.75, 3.05) is 11.9 Å². The second kappa shape index (κ2) is 7.36. The number of anilines is 1. The van der Waals surface area contributed by atoms with Gasteiger partial charge in [0.25, 0.3) is 0 Å². The molecule has 0 amide bonds. The van der Waals surface area contributed by atoms with Gasteiger partial charge < -0.3 is 10.1 Å². The molecule has 2 nitrogen and oxygen atoms in total. The Labute approximate surface area is 132 Å². The number of hydrogen-bond acceptors (Lipinski definition) is 2. The number of benzene rings is 2. The van der Waals surface area contributed by atoms with E-state index < -0.39 is 0 Å². The molecular formula is C16H15BrClNO. The van der Waals surface area contributed by atoms with Crippen molar-refractivity contribution in [3.63, 3.8) is 0 Å². The number of rotatable bonds is 6. The molecule has 0 spiro atoms. The quantitative estimate of drug-likeness (QED) is 0.714. The lowest BCUT2D eigenvalue weighted by atomic mass is 10.2. The standard InChI is InChI=1S/C16H15BrClNO/c1-2-9-20-14-6-3-12(4-7-14)11-19-16-10-13(18)5-8-15(16)17/h2-8,10,19H,1,9,11H2. The van der Waals surface area contributed by atoms with E-state index in [0.717, 1.165) is 22.5 Å². The highest BCUT2D eigenvalue weighted by Gasteiger charge is 2.01. The third-order valence-corrected chi connectivity index (χ3v) is 3.63. The lowest BCUT2D eigenvalue weighted by Crippen LogP contribution is -2.00. The first-order chi connectivity index (χ1) is 9.69. The van der Waals surface area contributed by atoms with E-state index in [1.54, 1.807) is 6.08 Å². The van der Waals surface area contributed by atoms with E-state index in [2.05, 4.69) is 27.8 Å². The Morgan fingerprint density at radius 2 is 1.95 bits per heavy atom. The second-order valence-electron chi connectivity index (χ2n) is 4.22. The van der Waals surface area contributed by atoms with Crippen LogP contribution in [0.3, 0.4) is 0 Å². The summed E-state index contributed by atoms with van der Waals surface area (Å²) in [6, 6.07) is 13.6. The third-order valence-electron chi connectivity index (χ3n) is 2.70. The number of nitrogens with one attached hydrogen (secondary N) is 1. The summed E-state index contributed by atoms with van der Waals surface area (Å²) in [5.41, 5.74) is 2.15. The Morgan fingerprint density at radius 1 is 1.20 bits per heavy atom. The van der Waals surface area contributed by atoms with E-state index >= 15 is 0 Å². The molecular weight excluding hydrogens is 338 g/mol. The average Bonchev–Trinajstić information content (AvgIpc) is 2.47. The highest BCUT2D eigenvalue weighted by molar-refractivity contribution is 9.10. The van der Waals surface area contributed by atoms with E-state index in [-0.39, 0.29) is 0 Å². The normalized spacial score (nSPS) is 10.1. The van der Waals surface area contributed by atoms with E-state index in [4.69, 9.17) is 16.3 Å². The van der Waals surface area contributed by atoms with Crippen LogP contribution in [-0.2, 0) is 6.54 Å². The van der Waals surface area contributed by atoms with Gasteiger partial charge in [-0.3, -0.25) is 0 Å². The minimum atomic E-state index is 0.521. The zero-order valence-corrected chi connectivity index (χ0v) is 13.2. The highest BCUT2D eigenvalue weighted by atomic mass is 79.9. The van der Waals surface area contributed by atoms with Crippen LogP contribution in [0.15, 0.2) is 59.6 Å². The van der Waals surface area contributed by atoms with Crippen molar-refractivity contribution in [2.24, 2.45) is 0 Å². The van der Waals surface area contributed by atoms with Crippen LogP contribution in [0.4, 0.5) is 5.69 Å². The summed E-state index contributed by atoms with van der Waals surface area (Å²) in [6.07, 6.45) is 1.73. The largest absolute Gasteiger partial charge is 0.490 e. The molecule has 0 bridgehead atoms. The molecule has 0 aliphatic rings. The summed E-state index contributed by atoms with van der Waals surface area (Å²) in [6.45, 7) is 4.87. The predicted octanol–water partition coefficient (Wildman–Crippen LogP) is 5.28. The smallest absolute Gasteiger partial charge is 0.119 e. The van der Waals surface area contributed by atoms with Crippen molar-refractivity contribution >= 4 is 33.2 Å². The molecule has 2 rings (SSSR count). The lowest BCUT2D eigenvalue weighted by Gasteiger charge is -2.10. The number of hydrogen-bond donors (Lipinski definition) is 1. The summed E-state index contributed by atoms with van der Waals surface area (Å²) in [5, 5.41) is 4.06. The van der Waals surface area contributed by atoms with Gasteiger partial charge in [0.05, 0.1) is 5.69 Å². The molecule has 0 radical (unpaired) electrons. The van der Waals surface area contributed by atoms with E-state index in [0.29, 0.717) is 11.6 Å². The molecule has 2 aromatic rings. The molecule has 2 aromatic carbocycles. The maximum atomic E-state index is 5.98. The molecule has 0 heterocycles. The van der Waals surface area contributed by atoms with Gasteiger partial charge in [0.2, 0.25) is 0 Å². The van der Waals surface area contributed by atoms with Crippen molar-refractivity contribution < 1.29 is 4.74 Å². The van der Waals surface area contributed by atoms with E-state index in [9.17, 15) is 0 Å². The van der Waals surface area contributed by atoms with Gasteiger partial charge in [-0.15, -0.1) is 0 Å². The van der Waals surface area contributed by atoms with Crippen molar-refractivity contribution in [2.45, 2.75) is 6.54 Å². The molecule has 20 heavy (non-hydrogen) atoms. The van der Waals surface area contributed by atoms with Crippen LogP contribution in [0.2, 0.25) is 5.02 Å². The Kier molecular flexibility index (Phi) is 5.50. The topological polar surface area (TPSA) is 21.3 Å². The first-order valence-electron chi connectivity index (χ1n) is 6.20. The van der Waals surface area contributed by atoms with Crippen LogP contribution >= 0.6 is 27.5 Å². The summed E-state index contributed by atoms with van der Waals surface area (Å²) in [5.74, 6) is 0.845. The summed E-state index contributed by atoms with van der Waals surface area (Å²) >= 11 is 9.48. The van der Waals surface area contributed by atoms with Crippen molar-refractivity contribution in [3.8, 4) is 5.75 Å². The third kappa shape index (κ3) is 4.29. The minimum Gasteiger partial charge on any atom is -0.490 e. The van der Waals surface area contributed by atoms with E-state index in [1.807, 2.05) is 42.5 Å². The fourth-order valence-electron chi connectivity index (χ4n) is 1.69. The number of ether oxygens (including phenoxy) is 1. The van der Waals surface area contributed by atoms with Gasteiger partial charge in [-0.1, -0.05) is 36.4 Å². The molecule has 0 atom stereocenters. The summed E-state index contributed by atoms with van der Waals surface area (Å²) < 4.78 is 6.44. The maximum absolute atomic E-state index is 5.98. The highest BCUT2D eigenvalue weighted by Crippen LogP contribution is 2.26. The Hall–Kier alpha value is -1.45. The average molecular weight is 353 g/mol. The van der Waals surface area contributed by atoms with Gasteiger partial charge in [0.15, 0.2) is 0 Å². The molecule has 0 aliphatic carbocycles. The van der Waals surface area contributed by atoms with Gasteiger partial charge in [0.1, 0.15) is 12.4 Å². The van der Waals surface area contributed by atoms with Crippen molar-refractivity contribution in [1.29, 1.82) is 0 Å². The van der Waals surface area contributed by atoms with Crippen molar-refractivity contribution in [1.82, 2.24) is 0 Å². The molecule has 0 aromatic heterocycles. The molecule has 0 saturated carbocycles. The van der Waals surface area contributed by atoms with Crippen LogP contribution in [0.5, 0.6) is 5.75 Å². The second-order valence-corrected chi connectivity index (χ2v) is 5.51. The predicted molar refractivity (Wildman–Crippen MR) is 88.6 cm³/mol. The molecule has 4 heteroatoms. The summed E-state index contributed by atoms with van der Waals surface area (Å²) in [4.78, 5) is 0. The van der Waals surface area contributed by atoms with Crippen LogP contribution < -0.4 is 10.1 Å². The molecule has 0 fully saturated rings. The van der Waals surface area contributed by atoms with Crippen molar-refractivity contribution in [3.05, 3.63) is 70.2 Å². The Balaban J connectivity index is 1.96. The Bertz CT molecular complexity index is 584. The summed E-state index contributed by atoms with van der Waals surface area (Å²) in [7, 11) is 0. The van der Waals surface area contributed by atoms with Crippen LogP contribution in [0.25, 0.3) is 0 Å². The monoisotopic (exact) mass is 351 g/mol. The molecule has 0 unspecified atom stereocenters. The number of halogens is 2. The van der Waals surface area contributed by atoms with Gasteiger partial charge >= 0.3 is 0 Å². The van der Waals surface area contributed by atoms with Gasteiger partial charge in [0, 0.05) is 16.0 Å². The van der Waals surface area contributed by atoms with Gasteiger partial charge in [-0.2, -0.15) is 0 Å². The molecule has 0 aliphatic heterocycles. The van der Waals surface area contributed by atoms with Crippen LogP contribution in [0.1, 0.15) is 5.56 Å². The molecule has 1 N–H and O–H groups in total. The molecule has 0 saturated heterocycles.